The van der Waals surface area contributed by atoms with Crippen molar-refractivity contribution in [3.05, 3.63) is 5.82 Å². The maximum atomic E-state index is 5.44. The largest absolute Gasteiger partial charge is 0.324 e. The molecule has 1 saturated heterocycles. The highest BCUT2D eigenvalue weighted by molar-refractivity contribution is 7.99. The van der Waals surface area contributed by atoms with Crippen molar-refractivity contribution < 1.29 is 4.52 Å². The van der Waals surface area contributed by atoms with Crippen molar-refractivity contribution in [3.63, 3.8) is 0 Å². The topological polar surface area (TPSA) is 42.2 Å². The van der Waals surface area contributed by atoms with Crippen molar-refractivity contribution >= 4 is 17.8 Å². The van der Waals surface area contributed by atoms with Crippen LogP contribution in [0.4, 0.5) is 6.01 Å². The molecule has 2 aliphatic rings. The Balaban J connectivity index is 1.67. The highest BCUT2D eigenvalue weighted by atomic mass is 32.2. The summed E-state index contributed by atoms with van der Waals surface area (Å²) in [6, 6.07) is 0.750. The van der Waals surface area contributed by atoms with E-state index in [0.717, 1.165) is 24.9 Å². The molecule has 1 unspecified atom stereocenters. The Hall–Kier alpha value is -0.710. The van der Waals surface area contributed by atoms with Crippen LogP contribution in [0, 0.1) is 0 Å². The molecule has 2 heterocycles. The number of rotatable bonds is 4. The maximum absolute atomic E-state index is 5.44. The van der Waals surface area contributed by atoms with Gasteiger partial charge in [0, 0.05) is 24.3 Å². The number of anilines is 1. The lowest BCUT2D eigenvalue weighted by Gasteiger charge is -2.21. The van der Waals surface area contributed by atoms with E-state index in [9.17, 15) is 0 Å². The third kappa shape index (κ3) is 2.82. The van der Waals surface area contributed by atoms with Gasteiger partial charge in [-0.15, -0.1) is 0 Å². The molecule has 1 aliphatic carbocycles. The van der Waals surface area contributed by atoms with Gasteiger partial charge in [0.05, 0.1) is 0 Å². The minimum absolute atomic E-state index is 0.579. The van der Waals surface area contributed by atoms with Crippen molar-refractivity contribution in [2.45, 2.75) is 50.2 Å². The Morgan fingerprint density at radius 2 is 2.22 bits per heavy atom. The number of thioether (sulfide) groups is 1. The van der Waals surface area contributed by atoms with Crippen LogP contribution in [0.1, 0.15) is 50.8 Å². The van der Waals surface area contributed by atoms with E-state index < -0.39 is 0 Å². The second-order valence-corrected chi connectivity index (χ2v) is 6.81. The zero-order valence-electron chi connectivity index (χ0n) is 11.0. The van der Waals surface area contributed by atoms with E-state index in [1.54, 1.807) is 0 Å². The summed E-state index contributed by atoms with van der Waals surface area (Å²) in [5, 5.41) is 4.84. The van der Waals surface area contributed by atoms with E-state index in [0.29, 0.717) is 11.2 Å². The molecular weight excluding hydrogens is 246 g/mol. The summed E-state index contributed by atoms with van der Waals surface area (Å²) < 4.78 is 5.44. The van der Waals surface area contributed by atoms with Crippen LogP contribution in [-0.2, 0) is 0 Å². The lowest BCUT2D eigenvalue weighted by atomic mass is 10.2. The molecule has 3 rings (SSSR count). The highest BCUT2D eigenvalue weighted by Crippen LogP contribution is 2.39. The SMILES string of the molecule is CCSC1CCCCN(c2nc(C3CC3)no2)C1. The lowest BCUT2D eigenvalue weighted by molar-refractivity contribution is 0.407. The van der Waals surface area contributed by atoms with Gasteiger partial charge in [0.25, 0.3) is 0 Å². The molecule has 0 spiro atoms. The smallest absolute Gasteiger partial charge is 0.323 e. The molecule has 0 N–H and O–H groups in total. The van der Waals surface area contributed by atoms with Crippen LogP contribution in [0.5, 0.6) is 0 Å². The van der Waals surface area contributed by atoms with Gasteiger partial charge in [-0.3, -0.25) is 0 Å². The van der Waals surface area contributed by atoms with Crippen LogP contribution >= 0.6 is 11.8 Å². The van der Waals surface area contributed by atoms with Gasteiger partial charge >= 0.3 is 6.01 Å². The Labute approximate surface area is 113 Å². The molecule has 1 aliphatic heterocycles. The Kier molecular flexibility index (Phi) is 3.77. The average Bonchev–Trinajstić information content (AvgIpc) is 3.15. The van der Waals surface area contributed by atoms with Crippen molar-refractivity contribution in [3.8, 4) is 0 Å². The quantitative estimate of drug-likeness (QED) is 0.838. The van der Waals surface area contributed by atoms with Crippen molar-refractivity contribution in [1.29, 1.82) is 0 Å². The van der Waals surface area contributed by atoms with Crippen molar-refractivity contribution in [1.82, 2.24) is 10.1 Å². The van der Waals surface area contributed by atoms with E-state index in [4.69, 9.17) is 4.52 Å². The molecular formula is C13H21N3OS. The van der Waals surface area contributed by atoms with Gasteiger partial charge in [0.1, 0.15) is 0 Å². The van der Waals surface area contributed by atoms with Gasteiger partial charge in [0.2, 0.25) is 0 Å². The molecule has 18 heavy (non-hydrogen) atoms. The molecule has 1 atom stereocenters. The third-order valence-electron chi connectivity index (χ3n) is 3.67. The second-order valence-electron chi connectivity index (χ2n) is 5.23. The minimum atomic E-state index is 0.579. The fraction of sp³-hybridized carbons (Fsp3) is 0.846. The normalized spacial score (nSPS) is 25.2. The van der Waals surface area contributed by atoms with Crippen molar-refractivity contribution in [2.75, 3.05) is 23.7 Å². The van der Waals surface area contributed by atoms with Gasteiger partial charge in [0.15, 0.2) is 5.82 Å². The summed E-state index contributed by atoms with van der Waals surface area (Å²) in [5.41, 5.74) is 0. The average molecular weight is 267 g/mol. The lowest BCUT2D eigenvalue weighted by Crippen LogP contribution is -2.29. The van der Waals surface area contributed by atoms with Gasteiger partial charge in [-0.05, 0) is 31.4 Å². The van der Waals surface area contributed by atoms with E-state index in [1.807, 2.05) is 0 Å². The van der Waals surface area contributed by atoms with Gasteiger partial charge in [-0.1, -0.05) is 18.5 Å². The van der Waals surface area contributed by atoms with Gasteiger partial charge in [-0.2, -0.15) is 16.7 Å². The van der Waals surface area contributed by atoms with Crippen LogP contribution in [0.2, 0.25) is 0 Å². The van der Waals surface area contributed by atoms with Crippen LogP contribution in [-0.4, -0.2) is 34.2 Å². The molecule has 0 radical (unpaired) electrons. The highest BCUT2D eigenvalue weighted by Gasteiger charge is 2.30. The summed E-state index contributed by atoms with van der Waals surface area (Å²) in [6.45, 7) is 4.36. The second kappa shape index (κ2) is 5.51. The monoisotopic (exact) mass is 267 g/mol. The first-order valence-corrected chi connectivity index (χ1v) is 8.12. The summed E-state index contributed by atoms with van der Waals surface area (Å²) in [4.78, 5) is 6.86. The first kappa shape index (κ1) is 12.3. The molecule has 1 aromatic rings. The Morgan fingerprint density at radius 3 is 3.00 bits per heavy atom. The fourth-order valence-corrected chi connectivity index (χ4v) is 3.60. The molecule has 2 fully saturated rings. The molecule has 1 aromatic heterocycles. The van der Waals surface area contributed by atoms with E-state index in [2.05, 4.69) is 33.7 Å². The molecule has 0 aromatic carbocycles. The number of hydrogen-bond donors (Lipinski definition) is 0. The van der Waals surface area contributed by atoms with Crippen LogP contribution < -0.4 is 4.90 Å². The predicted molar refractivity (Wildman–Crippen MR) is 74.3 cm³/mol. The van der Waals surface area contributed by atoms with E-state index >= 15 is 0 Å². The third-order valence-corrected chi connectivity index (χ3v) is 4.86. The summed E-state index contributed by atoms with van der Waals surface area (Å²) >= 11 is 2.06. The molecule has 100 valence electrons. The van der Waals surface area contributed by atoms with Crippen molar-refractivity contribution in [2.24, 2.45) is 0 Å². The Bertz CT molecular complexity index is 391. The van der Waals surface area contributed by atoms with E-state index in [-0.39, 0.29) is 0 Å². The van der Waals surface area contributed by atoms with Gasteiger partial charge < -0.3 is 9.42 Å². The predicted octanol–water partition coefficient (Wildman–Crippen LogP) is 3.06. The fourth-order valence-electron chi connectivity index (χ4n) is 2.51. The number of aromatic nitrogens is 2. The molecule has 1 saturated carbocycles. The van der Waals surface area contributed by atoms with Crippen LogP contribution in [0.3, 0.4) is 0 Å². The summed E-state index contributed by atoms with van der Waals surface area (Å²) in [5.74, 6) is 2.69. The first-order chi connectivity index (χ1) is 8.86. The first-order valence-electron chi connectivity index (χ1n) is 7.07. The van der Waals surface area contributed by atoms with Crippen LogP contribution in [0.25, 0.3) is 0 Å². The van der Waals surface area contributed by atoms with Crippen LogP contribution in [0.15, 0.2) is 4.52 Å². The number of hydrogen-bond acceptors (Lipinski definition) is 5. The maximum Gasteiger partial charge on any atom is 0.324 e. The molecule has 0 bridgehead atoms. The minimum Gasteiger partial charge on any atom is -0.323 e. The zero-order chi connectivity index (χ0) is 12.4. The Morgan fingerprint density at radius 1 is 1.33 bits per heavy atom. The summed E-state index contributed by atoms with van der Waals surface area (Å²) in [7, 11) is 0. The van der Waals surface area contributed by atoms with Gasteiger partial charge in [-0.25, -0.2) is 0 Å². The summed E-state index contributed by atoms with van der Waals surface area (Å²) in [6.07, 6.45) is 6.33. The zero-order valence-corrected chi connectivity index (χ0v) is 11.8. The number of nitrogens with zero attached hydrogens (tertiary/aromatic N) is 3. The standard InChI is InChI=1S/C13H21N3OS/c1-2-18-11-5-3-4-8-16(9-11)13-14-12(15-17-13)10-6-7-10/h10-11H,2-9H2,1H3. The van der Waals surface area contributed by atoms with E-state index in [1.165, 1.54) is 37.9 Å². The molecule has 0 amide bonds. The molecule has 4 nitrogen and oxygen atoms in total. The molecule has 5 heteroatoms.